The van der Waals surface area contributed by atoms with Gasteiger partial charge >= 0.3 is 5.97 Å². The van der Waals surface area contributed by atoms with Gasteiger partial charge in [0.15, 0.2) is 5.82 Å². The van der Waals surface area contributed by atoms with Crippen molar-refractivity contribution in [3.63, 3.8) is 0 Å². The van der Waals surface area contributed by atoms with Crippen molar-refractivity contribution in [3.8, 4) is 5.75 Å². The molecule has 0 spiro atoms. The van der Waals surface area contributed by atoms with Crippen LogP contribution in [0.25, 0.3) is 0 Å². The molecule has 0 fully saturated rings. The van der Waals surface area contributed by atoms with Crippen LogP contribution >= 0.6 is 0 Å². The van der Waals surface area contributed by atoms with Gasteiger partial charge in [-0.1, -0.05) is 12.2 Å². The van der Waals surface area contributed by atoms with E-state index in [0.717, 1.165) is 30.1 Å². The number of amides is 2. The molecule has 0 saturated heterocycles. The predicted octanol–water partition coefficient (Wildman–Crippen LogP) is 4.43. The van der Waals surface area contributed by atoms with Gasteiger partial charge in [-0.25, -0.2) is 14.8 Å². The monoisotopic (exact) mass is 567 g/mol. The molecule has 2 aliphatic rings. The molecule has 5 rings (SSSR count). The van der Waals surface area contributed by atoms with Crippen molar-refractivity contribution in [2.45, 2.75) is 26.3 Å². The van der Waals surface area contributed by atoms with Crippen molar-refractivity contribution in [1.29, 1.82) is 0 Å². The summed E-state index contributed by atoms with van der Waals surface area (Å²) in [5.74, 6) is 1.10. The molecule has 1 unspecified atom stereocenters. The second-order valence-corrected chi connectivity index (χ2v) is 10.1. The zero-order valence-electron chi connectivity index (χ0n) is 24.1. The van der Waals surface area contributed by atoms with E-state index in [9.17, 15) is 14.4 Å². The van der Waals surface area contributed by atoms with Gasteiger partial charge in [0.1, 0.15) is 17.6 Å². The summed E-state index contributed by atoms with van der Waals surface area (Å²) in [5, 5.41) is 2.83. The van der Waals surface area contributed by atoms with E-state index in [1.54, 1.807) is 60.6 Å². The summed E-state index contributed by atoms with van der Waals surface area (Å²) in [6.45, 7) is 5.87. The molecule has 3 aromatic rings. The lowest BCUT2D eigenvalue weighted by Crippen LogP contribution is -2.49. The number of fused-ring (bicyclic) bond motifs is 2. The summed E-state index contributed by atoms with van der Waals surface area (Å²) in [6, 6.07) is 13.3. The van der Waals surface area contributed by atoms with Gasteiger partial charge in [0, 0.05) is 44.0 Å². The van der Waals surface area contributed by atoms with E-state index in [1.165, 1.54) is 7.11 Å². The number of esters is 1. The number of rotatable bonds is 8. The number of hydrogen-bond acceptors (Lipinski definition) is 8. The van der Waals surface area contributed by atoms with Gasteiger partial charge in [0.2, 0.25) is 0 Å². The van der Waals surface area contributed by atoms with Crippen LogP contribution in [0.3, 0.4) is 0 Å². The van der Waals surface area contributed by atoms with Crippen LogP contribution in [0.4, 0.5) is 11.5 Å². The number of nitrogens with zero attached hydrogens (tertiary/aromatic N) is 4. The normalized spacial score (nSPS) is 15.8. The average molecular weight is 568 g/mol. The van der Waals surface area contributed by atoms with Crippen molar-refractivity contribution < 1.29 is 23.9 Å². The number of amidine groups is 1. The molecule has 3 heterocycles. The number of aryl methyl sites for hydroxylation is 1. The fourth-order valence-electron chi connectivity index (χ4n) is 4.96. The molecule has 2 aliphatic heterocycles. The number of pyridine rings is 1. The Morgan fingerprint density at radius 1 is 1.10 bits per heavy atom. The Morgan fingerprint density at radius 3 is 2.57 bits per heavy atom. The van der Waals surface area contributed by atoms with Gasteiger partial charge in [-0.15, -0.1) is 0 Å². The van der Waals surface area contributed by atoms with Gasteiger partial charge in [0.05, 0.1) is 24.8 Å². The average Bonchev–Trinajstić information content (AvgIpc) is 3.11. The number of anilines is 1. The van der Waals surface area contributed by atoms with Gasteiger partial charge in [-0.05, 0) is 73.5 Å². The molecule has 1 atom stereocenters. The molecular formula is C32H33N5O5. The largest absolute Gasteiger partial charge is 0.493 e. The number of nitrogens with one attached hydrogen (secondary N) is 1. The first-order valence-corrected chi connectivity index (χ1v) is 13.8. The summed E-state index contributed by atoms with van der Waals surface area (Å²) >= 11 is 0. The zero-order valence-corrected chi connectivity index (χ0v) is 24.1. The highest BCUT2D eigenvalue weighted by molar-refractivity contribution is 6.06. The first kappa shape index (κ1) is 28.5. The molecule has 1 N–H and O–H groups in total. The summed E-state index contributed by atoms with van der Waals surface area (Å²) in [4.78, 5) is 50.9. The lowest BCUT2D eigenvalue weighted by Gasteiger charge is -2.34. The highest BCUT2D eigenvalue weighted by atomic mass is 16.5. The number of carbonyl (C=O) groups is 3. The van der Waals surface area contributed by atoms with Gasteiger partial charge in [0.25, 0.3) is 11.8 Å². The summed E-state index contributed by atoms with van der Waals surface area (Å²) in [5.41, 5.74) is 3.61. The first-order valence-electron chi connectivity index (χ1n) is 13.8. The molecule has 216 valence electrons. The van der Waals surface area contributed by atoms with E-state index in [0.29, 0.717) is 47.0 Å². The number of hydrogen-bond donors (Lipinski definition) is 1. The van der Waals surface area contributed by atoms with E-state index in [1.807, 2.05) is 19.1 Å². The van der Waals surface area contributed by atoms with Crippen LogP contribution < -0.4 is 10.1 Å². The third-order valence-electron chi connectivity index (χ3n) is 7.38. The molecular weight excluding hydrogens is 534 g/mol. The molecule has 0 bridgehead atoms. The zero-order chi connectivity index (χ0) is 29.8. The second kappa shape index (κ2) is 12.3. The molecule has 42 heavy (non-hydrogen) atoms. The maximum absolute atomic E-state index is 13.3. The van der Waals surface area contributed by atoms with Gasteiger partial charge in [-0.3, -0.25) is 9.59 Å². The number of ether oxygens (including phenoxy) is 2. The maximum Gasteiger partial charge on any atom is 0.337 e. The Bertz CT molecular complexity index is 1580. The molecule has 10 nitrogen and oxygen atoms in total. The number of carbonyl (C=O) groups excluding carboxylic acids is 3. The first-order chi connectivity index (χ1) is 20.3. The van der Waals surface area contributed by atoms with E-state index in [-0.39, 0.29) is 17.9 Å². The summed E-state index contributed by atoms with van der Waals surface area (Å²) < 4.78 is 10.7. The Kier molecular flexibility index (Phi) is 8.33. The molecule has 0 saturated carbocycles. The molecule has 2 amide bonds. The maximum atomic E-state index is 13.3. The van der Waals surface area contributed by atoms with Crippen LogP contribution in [0.15, 0.2) is 71.9 Å². The van der Waals surface area contributed by atoms with Crippen molar-refractivity contribution in [1.82, 2.24) is 14.8 Å². The lowest BCUT2D eigenvalue weighted by molar-refractivity contribution is 0.0600. The SMILES string of the molecule is CCN1CC=CC2C1=Nc1ncc(CCOc3ccc(C(=O)Nc4ccc(C(=O)OC)cc4)cc3C)cc1C(=O)N2C. The molecule has 0 radical (unpaired) electrons. The molecule has 1 aromatic heterocycles. The van der Waals surface area contributed by atoms with Crippen LogP contribution in [-0.2, 0) is 11.2 Å². The Morgan fingerprint density at radius 2 is 1.86 bits per heavy atom. The van der Waals surface area contributed by atoms with Crippen molar-refractivity contribution in [3.05, 3.63) is 94.7 Å². The lowest BCUT2D eigenvalue weighted by atomic mass is 10.1. The van der Waals surface area contributed by atoms with Crippen LogP contribution in [0.2, 0.25) is 0 Å². The Labute approximate surface area is 244 Å². The number of aliphatic imine (C=N–C) groups is 1. The minimum atomic E-state index is -0.438. The van der Waals surface area contributed by atoms with Crippen LogP contribution in [0.1, 0.15) is 49.1 Å². The van der Waals surface area contributed by atoms with Crippen LogP contribution in [0.5, 0.6) is 5.75 Å². The Balaban J connectivity index is 1.22. The minimum absolute atomic E-state index is 0.115. The molecule has 2 aromatic carbocycles. The fraction of sp³-hybridized carbons (Fsp3) is 0.281. The third-order valence-corrected chi connectivity index (χ3v) is 7.38. The molecule has 0 aliphatic carbocycles. The van der Waals surface area contributed by atoms with E-state index < -0.39 is 5.97 Å². The van der Waals surface area contributed by atoms with E-state index in [2.05, 4.69) is 28.2 Å². The fourth-order valence-corrected chi connectivity index (χ4v) is 4.96. The van der Waals surface area contributed by atoms with Crippen molar-refractivity contribution >= 4 is 35.1 Å². The minimum Gasteiger partial charge on any atom is -0.493 e. The number of methoxy groups -OCH3 is 1. The van der Waals surface area contributed by atoms with E-state index >= 15 is 0 Å². The standard InChI is InChI=1S/C32H33N5O5/c1-5-37-15-6-7-26-29(37)35-28-25(31(39)36(26)3)18-21(19-33-28)14-16-42-27-13-10-23(17-20(27)2)30(38)34-24-11-8-22(9-12-24)32(40)41-4/h6-13,17-19,26H,5,14-16H2,1-4H3,(H,34,38). The van der Waals surface area contributed by atoms with Crippen LogP contribution in [0, 0.1) is 6.92 Å². The third kappa shape index (κ3) is 5.88. The van der Waals surface area contributed by atoms with Crippen LogP contribution in [-0.4, -0.2) is 78.3 Å². The molecule has 10 heteroatoms. The number of aromatic nitrogens is 1. The summed E-state index contributed by atoms with van der Waals surface area (Å²) in [7, 11) is 3.11. The Hall–Kier alpha value is -4.99. The van der Waals surface area contributed by atoms with Crippen molar-refractivity contribution in [2.24, 2.45) is 4.99 Å². The topological polar surface area (TPSA) is 113 Å². The van der Waals surface area contributed by atoms with Crippen molar-refractivity contribution in [2.75, 3.05) is 39.2 Å². The highest BCUT2D eigenvalue weighted by Gasteiger charge is 2.33. The second-order valence-electron chi connectivity index (χ2n) is 10.1. The summed E-state index contributed by atoms with van der Waals surface area (Å²) in [6.07, 6.45) is 6.37. The smallest absolute Gasteiger partial charge is 0.337 e. The number of likely N-dealkylation sites (N-methyl/N-ethyl adjacent to an activating group) is 2. The highest BCUT2D eigenvalue weighted by Crippen LogP contribution is 2.28. The predicted molar refractivity (Wildman–Crippen MR) is 160 cm³/mol. The number of benzene rings is 2. The van der Waals surface area contributed by atoms with Gasteiger partial charge in [-0.2, -0.15) is 0 Å². The van der Waals surface area contributed by atoms with E-state index in [4.69, 9.17) is 14.5 Å². The quantitative estimate of drug-likeness (QED) is 0.317. The van der Waals surface area contributed by atoms with Gasteiger partial charge < -0.3 is 24.6 Å².